The van der Waals surface area contributed by atoms with Crippen molar-refractivity contribution in [2.75, 3.05) is 18.0 Å². The number of para-hydroxylation sites is 1. The van der Waals surface area contributed by atoms with E-state index in [0.29, 0.717) is 5.69 Å². The molecular formula is C18H17F3N2O3. The number of carbonyl (C=O) groups excluding carboxylic acids is 1. The summed E-state index contributed by atoms with van der Waals surface area (Å²) in [5.41, 5.74) is -0.343. The predicted molar refractivity (Wildman–Crippen MR) is 89.6 cm³/mol. The number of anilines is 1. The Balaban J connectivity index is 2.04. The van der Waals surface area contributed by atoms with Crippen molar-refractivity contribution < 1.29 is 27.9 Å². The summed E-state index contributed by atoms with van der Waals surface area (Å²) in [4.78, 5) is 24.4. The molecule has 0 atom stereocenters. The predicted octanol–water partition coefficient (Wildman–Crippen LogP) is 2.91. The summed E-state index contributed by atoms with van der Waals surface area (Å²) in [6.07, 6.45) is -4.51. The van der Waals surface area contributed by atoms with Crippen molar-refractivity contribution in [3.63, 3.8) is 0 Å². The number of carbonyl (C=O) groups is 2. The number of rotatable bonds is 7. The van der Waals surface area contributed by atoms with Gasteiger partial charge in [0.2, 0.25) is 5.91 Å². The normalized spacial score (nSPS) is 11.0. The topological polar surface area (TPSA) is 69.6 Å². The first kappa shape index (κ1) is 19.3. The van der Waals surface area contributed by atoms with E-state index in [1.807, 2.05) is 0 Å². The maximum Gasteiger partial charge on any atom is 0.416 e. The second-order valence-electron chi connectivity index (χ2n) is 5.52. The van der Waals surface area contributed by atoms with Gasteiger partial charge < -0.3 is 15.3 Å². The molecule has 2 aromatic rings. The van der Waals surface area contributed by atoms with Gasteiger partial charge in [-0.1, -0.05) is 36.4 Å². The summed E-state index contributed by atoms with van der Waals surface area (Å²) in [6.45, 7) is -0.995. The van der Waals surface area contributed by atoms with Crippen LogP contribution in [0.2, 0.25) is 0 Å². The maximum absolute atomic E-state index is 13.0. The lowest BCUT2D eigenvalue weighted by Crippen LogP contribution is -2.39. The molecule has 138 valence electrons. The van der Waals surface area contributed by atoms with Crippen LogP contribution in [0.15, 0.2) is 54.6 Å². The zero-order chi connectivity index (χ0) is 19.2. The fourth-order valence-corrected chi connectivity index (χ4v) is 2.41. The van der Waals surface area contributed by atoms with Crippen molar-refractivity contribution in [2.45, 2.75) is 12.7 Å². The lowest BCUT2D eigenvalue weighted by atomic mass is 10.1. The highest BCUT2D eigenvalue weighted by atomic mass is 19.4. The van der Waals surface area contributed by atoms with Gasteiger partial charge in [-0.3, -0.25) is 9.59 Å². The largest absolute Gasteiger partial charge is 0.480 e. The van der Waals surface area contributed by atoms with E-state index in [9.17, 15) is 22.8 Å². The standard InChI is InChI=1S/C18H17F3N2O3/c19-18(20,21)15-9-5-4-6-13(15)10-22-16(24)11-23(12-17(25)26)14-7-2-1-3-8-14/h1-9H,10-12H2,(H,22,24)(H,25,26). The molecule has 0 fully saturated rings. The summed E-state index contributed by atoms with van der Waals surface area (Å²) < 4.78 is 38.9. The van der Waals surface area contributed by atoms with Crippen molar-refractivity contribution in [3.8, 4) is 0 Å². The van der Waals surface area contributed by atoms with E-state index in [4.69, 9.17) is 5.11 Å². The van der Waals surface area contributed by atoms with E-state index in [-0.39, 0.29) is 18.7 Å². The van der Waals surface area contributed by atoms with Gasteiger partial charge in [0.15, 0.2) is 0 Å². The summed E-state index contributed by atoms with van der Waals surface area (Å²) in [7, 11) is 0. The summed E-state index contributed by atoms with van der Waals surface area (Å²) in [5.74, 6) is -1.70. The molecule has 2 N–H and O–H groups in total. The van der Waals surface area contributed by atoms with Crippen molar-refractivity contribution in [1.82, 2.24) is 5.32 Å². The second-order valence-corrected chi connectivity index (χ2v) is 5.52. The number of aliphatic carboxylic acids is 1. The van der Waals surface area contributed by atoms with Crippen molar-refractivity contribution >= 4 is 17.6 Å². The molecule has 0 heterocycles. The first-order valence-electron chi connectivity index (χ1n) is 7.71. The number of hydrogen-bond donors (Lipinski definition) is 2. The molecule has 0 radical (unpaired) electrons. The summed E-state index contributed by atoms with van der Waals surface area (Å²) in [5, 5.41) is 11.4. The Kier molecular flexibility index (Phi) is 6.21. The van der Waals surface area contributed by atoms with Gasteiger partial charge in [-0.15, -0.1) is 0 Å². The van der Waals surface area contributed by atoms with Gasteiger partial charge >= 0.3 is 12.1 Å². The highest BCUT2D eigenvalue weighted by Crippen LogP contribution is 2.31. The smallest absolute Gasteiger partial charge is 0.416 e. The monoisotopic (exact) mass is 366 g/mol. The van der Waals surface area contributed by atoms with Crippen LogP contribution in [0.25, 0.3) is 0 Å². The van der Waals surface area contributed by atoms with E-state index < -0.39 is 30.2 Å². The van der Waals surface area contributed by atoms with E-state index in [2.05, 4.69) is 5.32 Å². The summed E-state index contributed by atoms with van der Waals surface area (Å²) >= 11 is 0. The Morgan fingerprint density at radius 3 is 2.19 bits per heavy atom. The zero-order valence-electron chi connectivity index (χ0n) is 13.7. The van der Waals surface area contributed by atoms with Crippen LogP contribution in [0.4, 0.5) is 18.9 Å². The van der Waals surface area contributed by atoms with Crippen LogP contribution in [0, 0.1) is 0 Å². The number of amides is 1. The molecule has 0 aliphatic heterocycles. The highest BCUT2D eigenvalue weighted by Gasteiger charge is 2.32. The molecule has 0 saturated heterocycles. The fraction of sp³-hybridized carbons (Fsp3) is 0.222. The van der Waals surface area contributed by atoms with Gasteiger partial charge in [-0.25, -0.2) is 0 Å². The van der Waals surface area contributed by atoms with Gasteiger partial charge in [0, 0.05) is 12.2 Å². The maximum atomic E-state index is 13.0. The molecule has 5 nitrogen and oxygen atoms in total. The van der Waals surface area contributed by atoms with Crippen LogP contribution in [0.1, 0.15) is 11.1 Å². The number of alkyl halides is 3. The molecule has 2 rings (SSSR count). The molecule has 0 saturated carbocycles. The Morgan fingerprint density at radius 2 is 1.58 bits per heavy atom. The third kappa shape index (κ3) is 5.51. The minimum absolute atomic E-state index is 0.0576. The summed E-state index contributed by atoms with van der Waals surface area (Å²) in [6, 6.07) is 13.4. The minimum Gasteiger partial charge on any atom is -0.480 e. The first-order valence-corrected chi connectivity index (χ1v) is 7.71. The van der Waals surface area contributed by atoms with Crippen LogP contribution >= 0.6 is 0 Å². The third-order valence-corrected chi connectivity index (χ3v) is 3.58. The van der Waals surface area contributed by atoms with Crippen molar-refractivity contribution in [2.24, 2.45) is 0 Å². The van der Waals surface area contributed by atoms with Crippen LogP contribution in [-0.2, 0) is 22.3 Å². The number of nitrogens with zero attached hydrogens (tertiary/aromatic N) is 1. The SMILES string of the molecule is O=C(O)CN(CC(=O)NCc1ccccc1C(F)(F)F)c1ccccc1. The first-order chi connectivity index (χ1) is 12.3. The molecule has 2 aromatic carbocycles. The van der Waals surface area contributed by atoms with Crippen molar-refractivity contribution in [3.05, 3.63) is 65.7 Å². The van der Waals surface area contributed by atoms with E-state index >= 15 is 0 Å². The molecule has 0 unspecified atom stereocenters. The Hall–Kier alpha value is -3.03. The van der Waals surface area contributed by atoms with Crippen LogP contribution in [0.5, 0.6) is 0 Å². The molecule has 26 heavy (non-hydrogen) atoms. The van der Waals surface area contributed by atoms with E-state index in [0.717, 1.165) is 6.07 Å². The molecule has 0 aromatic heterocycles. The minimum atomic E-state index is -4.51. The zero-order valence-corrected chi connectivity index (χ0v) is 13.7. The van der Waals surface area contributed by atoms with Gasteiger partial charge in [-0.2, -0.15) is 13.2 Å². The fourth-order valence-electron chi connectivity index (χ4n) is 2.41. The van der Waals surface area contributed by atoms with Crippen LogP contribution < -0.4 is 10.2 Å². The Morgan fingerprint density at radius 1 is 0.962 bits per heavy atom. The molecule has 1 amide bonds. The third-order valence-electron chi connectivity index (χ3n) is 3.58. The molecule has 8 heteroatoms. The van der Waals surface area contributed by atoms with Gasteiger partial charge in [0.25, 0.3) is 0 Å². The van der Waals surface area contributed by atoms with Crippen LogP contribution in [0.3, 0.4) is 0 Å². The number of carboxylic acids is 1. The molecule has 0 bridgehead atoms. The molecule has 0 spiro atoms. The highest BCUT2D eigenvalue weighted by molar-refractivity contribution is 5.84. The number of hydrogen-bond acceptors (Lipinski definition) is 3. The van der Waals surface area contributed by atoms with Gasteiger partial charge in [0.05, 0.1) is 12.1 Å². The second kappa shape index (κ2) is 8.37. The number of carboxylic acid groups (broad SMARTS) is 1. The lowest BCUT2D eigenvalue weighted by Gasteiger charge is -2.22. The average molecular weight is 366 g/mol. The van der Waals surface area contributed by atoms with Gasteiger partial charge in [0.1, 0.15) is 6.54 Å². The van der Waals surface area contributed by atoms with E-state index in [1.165, 1.54) is 23.1 Å². The lowest BCUT2D eigenvalue weighted by molar-refractivity contribution is -0.138. The molecule has 0 aliphatic carbocycles. The molecule has 0 aliphatic rings. The van der Waals surface area contributed by atoms with E-state index in [1.54, 1.807) is 30.3 Å². The number of benzene rings is 2. The van der Waals surface area contributed by atoms with Crippen molar-refractivity contribution in [1.29, 1.82) is 0 Å². The number of nitrogens with one attached hydrogen (secondary N) is 1. The number of halogens is 3. The molecular weight excluding hydrogens is 349 g/mol. The average Bonchev–Trinajstić information content (AvgIpc) is 2.59. The quantitative estimate of drug-likeness (QED) is 0.791. The van der Waals surface area contributed by atoms with Crippen LogP contribution in [-0.4, -0.2) is 30.1 Å². The Bertz CT molecular complexity index is 764. The Labute approximate surface area is 148 Å². The van der Waals surface area contributed by atoms with Gasteiger partial charge in [-0.05, 0) is 23.8 Å².